The van der Waals surface area contributed by atoms with Gasteiger partial charge in [0.25, 0.3) is 5.91 Å². The van der Waals surface area contributed by atoms with E-state index in [4.69, 9.17) is 28.9 Å². The second-order valence-electron chi connectivity index (χ2n) is 4.28. The summed E-state index contributed by atoms with van der Waals surface area (Å²) < 4.78 is 0. The Labute approximate surface area is 110 Å². The van der Waals surface area contributed by atoms with Crippen LogP contribution in [-0.4, -0.2) is 29.9 Å². The van der Waals surface area contributed by atoms with Crippen molar-refractivity contribution in [3.63, 3.8) is 0 Å². The average molecular weight is 273 g/mol. The zero-order valence-electron chi connectivity index (χ0n) is 9.33. The highest BCUT2D eigenvalue weighted by Crippen LogP contribution is 2.23. The van der Waals surface area contributed by atoms with Crippen LogP contribution in [0.4, 0.5) is 0 Å². The van der Waals surface area contributed by atoms with E-state index < -0.39 is 0 Å². The topological polar surface area (TPSA) is 46.3 Å². The molecule has 0 radical (unpaired) electrons. The highest BCUT2D eigenvalue weighted by molar-refractivity contribution is 6.35. The van der Waals surface area contributed by atoms with Crippen LogP contribution < -0.4 is 5.73 Å². The summed E-state index contributed by atoms with van der Waals surface area (Å²) in [5, 5.41) is 0.942. The summed E-state index contributed by atoms with van der Waals surface area (Å²) in [5.74, 6) is -0.0901. The zero-order valence-corrected chi connectivity index (χ0v) is 10.8. The van der Waals surface area contributed by atoms with E-state index in [0.717, 1.165) is 19.4 Å². The van der Waals surface area contributed by atoms with E-state index in [-0.39, 0.29) is 11.9 Å². The maximum absolute atomic E-state index is 12.2. The van der Waals surface area contributed by atoms with Gasteiger partial charge >= 0.3 is 0 Å². The first-order chi connectivity index (χ1) is 8.08. The van der Waals surface area contributed by atoms with Crippen LogP contribution in [0, 0.1) is 0 Å². The van der Waals surface area contributed by atoms with Gasteiger partial charge in [0.2, 0.25) is 0 Å². The molecule has 1 aromatic rings. The van der Waals surface area contributed by atoms with Crippen molar-refractivity contribution in [2.75, 3.05) is 13.1 Å². The van der Waals surface area contributed by atoms with Crippen LogP contribution in [0.15, 0.2) is 18.2 Å². The van der Waals surface area contributed by atoms with Gasteiger partial charge in [0, 0.05) is 24.2 Å². The molecule has 0 aromatic heterocycles. The predicted molar refractivity (Wildman–Crippen MR) is 69.6 cm³/mol. The number of rotatable bonds is 1. The highest BCUT2D eigenvalue weighted by Gasteiger charge is 2.23. The first-order valence-electron chi connectivity index (χ1n) is 5.58. The largest absolute Gasteiger partial charge is 0.337 e. The summed E-state index contributed by atoms with van der Waals surface area (Å²) in [6.45, 7) is 1.32. The number of nitrogens with zero attached hydrogens (tertiary/aromatic N) is 1. The van der Waals surface area contributed by atoms with Crippen molar-refractivity contribution < 1.29 is 4.79 Å². The lowest BCUT2D eigenvalue weighted by Crippen LogP contribution is -2.45. The number of piperidine rings is 1. The van der Waals surface area contributed by atoms with E-state index >= 15 is 0 Å². The molecule has 1 heterocycles. The quantitative estimate of drug-likeness (QED) is 0.854. The van der Waals surface area contributed by atoms with E-state index in [1.807, 2.05) is 0 Å². The number of likely N-dealkylation sites (tertiary alicyclic amines) is 1. The fraction of sp³-hybridized carbons (Fsp3) is 0.417. The van der Waals surface area contributed by atoms with Gasteiger partial charge in [-0.25, -0.2) is 0 Å². The minimum absolute atomic E-state index is 0.0608. The third-order valence-electron chi connectivity index (χ3n) is 2.90. The summed E-state index contributed by atoms with van der Waals surface area (Å²) in [4.78, 5) is 14.0. The normalized spacial score (nSPS) is 20.4. The molecule has 1 aliphatic rings. The maximum atomic E-state index is 12.2. The van der Waals surface area contributed by atoms with Crippen LogP contribution in [0.5, 0.6) is 0 Å². The number of carbonyl (C=O) groups is 1. The van der Waals surface area contributed by atoms with Gasteiger partial charge in [0.05, 0.1) is 10.6 Å². The molecular formula is C12H14Cl2N2O. The molecule has 0 saturated carbocycles. The number of carbonyl (C=O) groups excluding carboxylic acids is 1. The summed E-state index contributed by atoms with van der Waals surface area (Å²) in [6.07, 6.45) is 1.90. The van der Waals surface area contributed by atoms with E-state index in [9.17, 15) is 4.79 Å². The average Bonchev–Trinajstić information content (AvgIpc) is 2.31. The van der Waals surface area contributed by atoms with Crippen molar-refractivity contribution in [2.24, 2.45) is 5.73 Å². The van der Waals surface area contributed by atoms with E-state index in [0.29, 0.717) is 22.2 Å². The number of nitrogens with two attached hydrogens (primary N) is 1. The van der Waals surface area contributed by atoms with Gasteiger partial charge in [0.1, 0.15) is 0 Å². The lowest BCUT2D eigenvalue weighted by atomic mass is 10.1. The molecule has 0 spiro atoms. The molecule has 1 saturated heterocycles. The molecule has 0 unspecified atom stereocenters. The lowest BCUT2D eigenvalue weighted by Gasteiger charge is -2.31. The molecular weight excluding hydrogens is 259 g/mol. The van der Waals surface area contributed by atoms with Crippen molar-refractivity contribution in [3.05, 3.63) is 33.8 Å². The number of benzene rings is 1. The van der Waals surface area contributed by atoms with Crippen LogP contribution in [0.25, 0.3) is 0 Å². The maximum Gasteiger partial charge on any atom is 0.255 e. The fourth-order valence-corrected chi connectivity index (χ4v) is 2.40. The van der Waals surface area contributed by atoms with Gasteiger partial charge in [-0.05, 0) is 31.0 Å². The molecule has 92 valence electrons. The van der Waals surface area contributed by atoms with Gasteiger partial charge in [0.15, 0.2) is 0 Å². The molecule has 2 rings (SSSR count). The predicted octanol–water partition coefficient (Wildman–Crippen LogP) is 2.56. The monoisotopic (exact) mass is 272 g/mol. The first-order valence-corrected chi connectivity index (χ1v) is 6.33. The smallest absolute Gasteiger partial charge is 0.255 e. The van der Waals surface area contributed by atoms with Crippen LogP contribution >= 0.6 is 23.2 Å². The van der Waals surface area contributed by atoms with E-state index in [1.165, 1.54) is 0 Å². The van der Waals surface area contributed by atoms with Crippen molar-refractivity contribution in [2.45, 2.75) is 18.9 Å². The Hall–Kier alpha value is -0.770. The third kappa shape index (κ3) is 2.92. The van der Waals surface area contributed by atoms with Gasteiger partial charge in [-0.1, -0.05) is 23.2 Å². The molecule has 1 amide bonds. The Morgan fingerprint density at radius 2 is 2.18 bits per heavy atom. The summed E-state index contributed by atoms with van der Waals surface area (Å²) in [6, 6.07) is 4.97. The zero-order chi connectivity index (χ0) is 12.4. The molecule has 1 aromatic carbocycles. The Morgan fingerprint density at radius 1 is 1.41 bits per heavy atom. The standard InChI is InChI=1S/C12H14Cl2N2O/c13-8-3-4-11(14)10(6-8)12(17)16-5-1-2-9(15)7-16/h3-4,6,9H,1-2,5,7,15H2/t9-/m0/s1. The van der Waals surface area contributed by atoms with Crippen LogP contribution in [-0.2, 0) is 0 Å². The SMILES string of the molecule is N[C@H]1CCCN(C(=O)c2cc(Cl)ccc2Cl)C1. The Kier molecular flexibility index (Phi) is 3.92. The lowest BCUT2D eigenvalue weighted by molar-refractivity contribution is 0.0709. The molecule has 1 aliphatic heterocycles. The van der Waals surface area contributed by atoms with Crippen molar-refractivity contribution in [1.29, 1.82) is 0 Å². The minimum Gasteiger partial charge on any atom is -0.337 e. The molecule has 2 N–H and O–H groups in total. The van der Waals surface area contributed by atoms with Crippen LogP contribution in [0.2, 0.25) is 10.0 Å². The third-order valence-corrected chi connectivity index (χ3v) is 3.47. The summed E-state index contributed by atoms with van der Waals surface area (Å²) in [5.41, 5.74) is 6.31. The van der Waals surface area contributed by atoms with Crippen LogP contribution in [0.3, 0.4) is 0 Å². The van der Waals surface area contributed by atoms with Crippen molar-refractivity contribution in [3.8, 4) is 0 Å². The number of hydrogen-bond donors (Lipinski definition) is 1. The van der Waals surface area contributed by atoms with Crippen LogP contribution in [0.1, 0.15) is 23.2 Å². The number of amides is 1. The second kappa shape index (κ2) is 5.25. The fourth-order valence-electron chi connectivity index (χ4n) is 2.03. The Bertz CT molecular complexity index is 437. The number of hydrogen-bond acceptors (Lipinski definition) is 2. The minimum atomic E-state index is -0.0901. The Balaban J connectivity index is 2.21. The van der Waals surface area contributed by atoms with E-state index in [2.05, 4.69) is 0 Å². The van der Waals surface area contributed by atoms with Crippen molar-refractivity contribution >= 4 is 29.1 Å². The molecule has 1 atom stereocenters. The number of halogens is 2. The van der Waals surface area contributed by atoms with Crippen molar-refractivity contribution in [1.82, 2.24) is 4.90 Å². The molecule has 0 bridgehead atoms. The van der Waals surface area contributed by atoms with Gasteiger partial charge in [-0.3, -0.25) is 4.79 Å². The van der Waals surface area contributed by atoms with E-state index in [1.54, 1.807) is 23.1 Å². The van der Waals surface area contributed by atoms with Gasteiger partial charge in [-0.15, -0.1) is 0 Å². The Morgan fingerprint density at radius 3 is 2.88 bits per heavy atom. The molecule has 3 nitrogen and oxygen atoms in total. The summed E-state index contributed by atoms with van der Waals surface area (Å²) >= 11 is 11.9. The molecule has 5 heteroatoms. The second-order valence-corrected chi connectivity index (χ2v) is 5.12. The summed E-state index contributed by atoms with van der Waals surface area (Å²) in [7, 11) is 0. The highest BCUT2D eigenvalue weighted by atomic mass is 35.5. The molecule has 0 aliphatic carbocycles. The van der Waals surface area contributed by atoms with Gasteiger partial charge in [-0.2, -0.15) is 0 Å². The first kappa shape index (κ1) is 12.7. The molecule has 1 fully saturated rings. The molecule has 17 heavy (non-hydrogen) atoms. The van der Waals surface area contributed by atoms with Gasteiger partial charge < -0.3 is 10.6 Å².